The van der Waals surface area contributed by atoms with Crippen molar-refractivity contribution in [2.75, 3.05) is 6.61 Å². The Morgan fingerprint density at radius 1 is 1.47 bits per heavy atom. The lowest BCUT2D eigenvalue weighted by molar-refractivity contribution is -0.142. The van der Waals surface area contributed by atoms with Gasteiger partial charge in [0.15, 0.2) is 0 Å². The Kier molecular flexibility index (Phi) is 3.55. The van der Waals surface area contributed by atoms with Gasteiger partial charge in [0.2, 0.25) is 0 Å². The first kappa shape index (κ1) is 12.7. The highest BCUT2D eigenvalue weighted by Gasteiger charge is 2.26. The molecule has 0 radical (unpaired) electrons. The van der Waals surface area contributed by atoms with E-state index in [9.17, 15) is 4.79 Å². The van der Waals surface area contributed by atoms with Crippen molar-refractivity contribution >= 4 is 5.97 Å². The van der Waals surface area contributed by atoms with Crippen LogP contribution >= 0.6 is 0 Å². The maximum Gasteiger partial charge on any atom is 0.307 e. The third kappa shape index (κ3) is 2.81. The van der Waals surface area contributed by atoms with Crippen LogP contribution in [0.15, 0.2) is 6.20 Å². The van der Waals surface area contributed by atoms with Gasteiger partial charge in [-0.25, -0.2) is 4.98 Å². The van der Waals surface area contributed by atoms with E-state index in [1.807, 2.05) is 0 Å². The lowest BCUT2D eigenvalue weighted by Gasteiger charge is -2.21. The number of hydrogen-bond acceptors (Lipinski definition) is 3. The third-order valence-corrected chi connectivity index (χ3v) is 4.12. The summed E-state index contributed by atoms with van der Waals surface area (Å²) in [5.41, 5.74) is 1.05. The number of rotatable bonds is 3. The van der Waals surface area contributed by atoms with Gasteiger partial charge >= 0.3 is 5.97 Å². The van der Waals surface area contributed by atoms with Crippen LogP contribution in [0.3, 0.4) is 0 Å². The summed E-state index contributed by atoms with van der Waals surface area (Å²) in [6.45, 7) is 1.63. The van der Waals surface area contributed by atoms with Crippen molar-refractivity contribution in [3.8, 4) is 0 Å². The molecule has 0 bridgehead atoms. The van der Waals surface area contributed by atoms with Crippen molar-refractivity contribution in [1.29, 1.82) is 0 Å². The summed E-state index contributed by atoms with van der Waals surface area (Å²) in [6.07, 6.45) is 8.00. The highest BCUT2D eigenvalue weighted by atomic mass is 16.5. The summed E-state index contributed by atoms with van der Waals surface area (Å²) in [4.78, 5) is 15.6. The molecule has 0 amide bonds. The zero-order valence-corrected chi connectivity index (χ0v) is 11.0. The normalized spacial score (nSPS) is 26.9. The number of hydrogen-bond donors (Lipinski definition) is 1. The predicted octanol–water partition coefficient (Wildman–Crippen LogP) is 1.64. The summed E-state index contributed by atoms with van der Waals surface area (Å²) < 4.78 is 7.84. The van der Waals surface area contributed by atoms with Gasteiger partial charge in [0.25, 0.3) is 0 Å². The molecule has 19 heavy (non-hydrogen) atoms. The van der Waals surface area contributed by atoms with E-state index in [1.165, 1.54) is 6.42 Å². The number of nitrogens with zero attached hydrogens (tertiary/aromatic N) is 2. The summed E-state index contributed by atoms with van der Waals surface area (Å²) in [6, 6.07) is 0. The van der Waals surface area contributed by atoms with Crippen molar-refractivity contribution in [2.45, 2.75) is 51.2 Å². The number of carbonyl (C=O) groups is 1. The van der Waals surface area contributed by atoms with Gasteiger partial charge in [-0.3, -0.25) is 4.79 Å². The first-order chi connectivity index (χ1) is 9.22. The van der Waals surface area contributed by atoms with Crippen molar-refractivity contribution < 1.29 is 14.6 Å². The van der Waals surface area contributed by atoms with Gasteiger partial charge in [-0.2, -0.15) is 0 Å². The van der Waals surface area contributed by atoms with Crippen LogP contribution in [-0.2, 0) is 28.9 Å². The Labute approximate surface area is 112 Å². The zero-order valence-electron chi connectivity index (χ0n) is 11.0. The highest BCUT2D eigenvalue weighted by Crippen LogP contribution is 2.22. The second-order valence-electron chi connectivity index (χ2n) is 5.56. The second-order valence-corrected chi connectivity index (χ2v) is 5.56. The van der Waals surface area contributed by atoms with Crippen molar-refractivity contribution in [3.63, 3.8) is 0 Å². The van der Waals surface area contributed by atoms with Gasteiger partial charge in [-0.05, 0) is 25.7 Å². The monoisotopic (exact) mass is 264 g/mol. The van der Waals surface area contributed by atoms with E-state index in [2.05, 4.69) is 15.7 Å². The van der Waals surface area contributed by atoms with Gasteiger partial charge in [0.05, 0.1) is 17.7 Å². The summed E-state index contributed by atoms with van der Waals surface area (Å²) in [7, 11) is 0. The van der Waals surface area contributed by atoms with Crippen LogP contribution in [0, 0.1) is 5.92 Å². The number of fused-ring (bicyclic) bond motifs is 1. The maximum atomic E-state index is 11.0. The highest BCUT2D eigenvalue weighted by molar-refractivity contribution is 5.70. The molecule has 1 aromatic rings. The minimum Gasteiger partial charge on any atom is -0.481 e. The van der Waals surface area contributed by atoms with E-state index < -0.39 is 5.97 Å². The average molecular weight is 264 g/mol. The lowest BCUT2D eigenvalue weighted by atomic mass is 9.98. The largest absolute Gasteiger partial charge is 0.481 e. The third-order valence-electron chi connectivity index (χ3n) is 4.12. The molecular formula is C14H20N2O3. The van der Waals surface area contributed by atoms with E-state index >= 15 is 0 Å². The van der Waals surface area contributed by atoms with Crippen LogP contribution in [0.2, 0.25) is 0 Å². The summed E-state index contributed by atoms with van der Waals surface area (Å²) in [5.74, 6) is -0.0513. The topological polar surface area (TPSA) is 64.3 Å². The van der Waals surface area contributed by atoms with E-state index in [-0.39, 0.29) is 5.92 Å². The molecule has 0 aliphatic carbocycles. The van der Waals surface area contributed by atoms with E-state index in [1.54, 1.807) is 0 Å². The van der Waals surface area contributed by atoms with E-state index in [4.69, 9.17) is 9.84 Å². The number of aryl methyl sites for hydroxylation is 1. The van der Waals surface area contributed by atoms with Gasteiger partial charge in [-0.1, -0.05) is 0 Å². The zero-order chi connectivity index (χ0) is 13.2. The smallest absolute Gasteiger partial charge is 0.307 e. The quantitative estimate of drug-likeness (QED) is 0.901. The fourth-order valence-corrected chi connectivity index (χ4v) is 3.00. The average Bonchev–Trinajstić information content (AvgIpc) is 2.80. The number of aliphatic carboxylic acids is 1. The Morgan fingerprint density at radius 3 is 3.11 bits per heavy atom. The number of imidazole rings is 1. The number of ether oxygens (including phenoxy) is 1. The van der Waals surface area contributed by atoms with E-state index in [0.29, 0.717) is 18.9 Å². The molecular weight excluding hydrogens is 244 g/mol. The fourth-order valence-electron chi connectivity index (χ4n) is 3.00. The standard InChI is InChI=1S/C14H20N2O3/c17-14(18)10-4-5-16-9-11(15-13(16)7-10)8-12-3-1-2-6-19-12/h9-10,12H,1-8H2,(H,17,18). The SMILES string of the molecule is O=C(O)C1CCn2cc(CC3CCCCO3)nc2C1. The number of carboxylic acids is 1. The van der Waals surface area contributed by atoms with Gasteiger partial charge in [0, 0.05) is 32.2 Å². The fraction of sp³-hybridized carbons (Fsp3) is 0.714. The Hall–Kier alpha value is -1.36. The van der Waals surface area contributed by atoms with Crippen LogP contribution in [0.5, 0.6) is 0 Å². The molecule has 0 spiro atoms. The molecule has 1 saturated heterocycles. The molecule has 1 aromatic heterocycles. The summed E-state index contributed by atoms with van der Waals surface area (Å²) >= 11 is 0. The molecule has 1 N–H and O–H groups in total. The Morgan fingerprint density at radius 2 is 2.37 bits per heavy atom. The van der Waals surface area contributed by atoms with Crippen LogP contribution in [0.4, 0.5) is 0 Å². The van der Waals surface area contributed by atoms with Crippen LogP contribution in [0.25, 0.3) is 0 Å². The lowest BCUT2D eigenvalue weighted by Crippen LogP contribution is -2.25. The van der Waals surface area contributed by atoms with Gasteiger partial charge < -0.3 is 14.4 Å². The molecule has 2 aliphatic rings. The Bertz CT molecular complexity index is 463. The first-order valence-electron chi connectivity index (χ1n) is 7.11. The minimum absolute atomic E-state index is 0.270. The predicted molar refractivity (Wildman–Crippen MR) is 69.0 cm³/mol. The molecule has 0 aromatic carbocycles. The first-order valence-corrected chi connectivity index (χ1v) is 7.11. The molecule has 3 heterocycles. The molecule has 3 rings (SSSR count). The number of carboxylic acid groups (broad SMARTS) is 1. The summed E-state index contributed by atoms with van der Waals surface area (Å²) in [5, 5.41) is 9.07. The van der Waals surface area contributed by atoms with Gasteiger partial charge in [0.1, 0.15) is 5.82 Å². The van der Waals surface area contributed by atoms with Gasteiger partial charge in [-0.15, -0.1) is 0 Å². The molecule has 1 fully saturated rings. The molecule has 2 atom stereocenters. The molecule has 0 saturated carbocycles. The van der Waals surface area contributed by atoms with Crippen molar-refractivity contribution in [3.05, 3.63) is 17.7 Å². The maximum absolute atomic E-state index is 11.0. The van der Waals surface area contributed by atoms with Crippen LogP contribution in [-0.4, -0.2) is 33.3 Å². The minimum atomic E-state index is -0.702. The molecule has 5 heteroatoms. The molecule has 5 nitrogen and oxygen atoms in total. The van der Waals surface area contributed by atoms with Crippen LogP contribution in [0.1, 0.15) is 37.2 Å². The Balaban J connectivity index is 1.67. The van der Waals surface area contributed by atoms with E-state index in [0.717, 1.165) is 43.9 Å². The van der Waals surface area contributed by atoms with Crippen LogP contribution < -0.4 is 0 Å². The van der Waals surface area contributed by atoms with Crippen molar-refractivity contribution in [2.24, 2.45) is 5.92 Å². The second kappa shape index (κ2) is 5.33. The number of aromatic nitrogens is 2. The molecule has 2 aliphatic heterocycles. The van der Waals surface area contributed by atoms with Crippen molar-refractivity contribution in [1.82, 2.24) is 9.55 Å². The molecule has 2 unspecified atom stereocenters. The molecule has 104 valence electrons.